The van der Waals surface area contributed by atoms with Crippen molar-refractivity contribution in [3.05, 3.63) is 65.7 Å². The van der Waals surface area contributed by atoms with Gasteiger partial charge in [-0.15, -0.1) is 0 Å². The zero-order valence-corrected chi connectivity index (χ0v) is 16.1. The van der Waals surface area contributed by atoms with E-state index in [9.17, 15) is 4.79 Å². The zero-order chi connectivity index (χ0) is 19.3. The zero-order valence-electron chi connectivity index (χ0n) is 16.1. The van der Waals surface area contributed by atoms with Gasteiger partial charge >= 0.3 is 5.97 Å². The maximum absolute atomic E-state index is 11.5. The molecular formula is C22H25N3O3. The van der Waals surface area contributed by atoms with Crippen molar-refractivity contribution >= 4 is 16.9 Å². The van der Waals surface area contributed by atoms with Crippen LogP contribution in [0.15, 0.2) is 52.9 Å². The summed E-state index contributed by atoms with van der Waals surface area (Å²) in [5.41, 5.74) is 2.16. The number of ether oxygens (including phenoxy) is 1. The molecule has 6 heteroatoms. The van der Waals surface area contributed by atoms with E-state index in [4.69, 9.17) is 14.1 Å². The Balaban J connectivity index is 1.34. The van der Waals surface area contributed by atoms with E-state index in [0.717, 1.165) is 56.1 Å². The molecule has 4 rings (SSSR count). The number of pyridine rings is 1. The first-order valence-electron chi connectivity index (χ1n) is 9.68. The Morgan fingerprint density at radius 3 is 2.61 bits per heavy atom. The van der Waals surface area contributed by atoms with Crippen LogP contribution in [-0.4, -0.2) is 54.0 Å². The molecule has 0 atom stereocenters. The topological polar surface area (TPSA) is 58.8 Å². The molecule has 3 heterocycles. The van der Waals surface area contributed by atoms with Crippen molar-refractivity contribution in [1.82, 2.24) is 14.8 Å². The number of furan rings is 1. The highest BCUT2D eigenvalue weighted by Crippen LogP contribution is 2.16. The monoisotopic (exact) mass is 379 g/mol. The van der Waals surface area contributed by atoms with E-state index >= 15 is 0 Å². The molecular weight excluding hydrogens is 354 g/mol. The molecule has 1 saturated heterocycles. The normalized spacial score (nSPS) is 16.2. The Labute approximate surface area is 164 Å². The van der Waals surface area contributed by atoms with Crippen molar-refractivity contribution < 1.29 is 13.9 Å². The van der Waals surface area contributed by atoms with Crippen LogP contribution in [0.2, 0.25) is 0 Å². The quantitative estimate of drug-likeness (QED) is 0.634. The van der Waals surface area contributed by atoms with Gasteiger partial charge in [0.25, 0.3) is 0 Å². The molecule has 6 nitrogen and oxygen atoms in total. The van der Waals surface area contributed by atoms with Crippen LogP contribution in [0.3, 0.4) is 0 Å². The summed E-state index contributed by atoms with van der Waals surface area (Å²) in [6.45, 7) is 5.58. The van der Waals surface area contributed by atoms with Gasteiger partial charge in [-0.25, -0.2) is 4.79 Å². The number of rotatable bonds is 5. The minimum Gasteiger partial charge on any atom is -0.463 e. The number of nitrogens with zero attached hydrogens (tertiary/aromatic N) is 3. The molecule has 1 aliphatic rings. The predicted molar refractivity (Wildman–Crippen MR) is 107 cm³/mol. The van der Waals surface area contributed by atoms with E-state index in [2.05, 4.69) is 34.1 Å². The Bertz CT molecular complexity index is 953. The van der Waals surface area contributed by atoms with Gasteiger partial charge in [0.1, 0.15) is 5.76 Å². The minimum atomic E-state index is -0.434. The van der Waals surface area contributed by atoms with Gasteiger partial charge in [0.2, 0.25) is 5.76 Å². The molecule has 0 spiro atoms. The van der Waals surface area contributed by atoms with Crippen molar-refractivity contribution in [2.24, 2.45) is 0 Å². The number of methoxy groups -OCH3 is 1. The van der Waals surface area contributed by atoms with E-state index in [1.165, 1.54) is 12.5 Å². The van der Waals surface area contributed by atoms with Crippen LogP contribution in [0.5, 0.6) is 0 Å². The van der Waals surface area contributed by atoms with Crippen molar-refractivity contribution in [3.63, 3.8) is 0 Å². The standard InChI is InChI=1S/C22H25N3O3/c1-27-22(26)21-10-9-19(28-21)16-25-12-4-11-24(13-14-25)15-18-8-7-17-5-2-3-6-20(17)23-18/h2-3,5-10H,4,11-16H2,1H3. The van der Waals surface area contributed by atoms with Gasteiger partial charge in [-0.3, -0.25) is 14.8 Å². The summed E-state index contributed by atoms with van der Waals surface area (Å²) >= 11 is 0. The number of benzene rings is 1. The highest BCUT2D eigenvalue weighted by atomic mass is 16.5. The number of esters is 1. The smallest absolute Gasteiger partial charge is 0.373 e. The number of carbonyl (C=O) groups is 1. The SMILES string of the molecule is COC(=O)c1ccc(CN2CCCN(Cc3ccc4ccccc4n3)CC2)o1. The third-order valence-corrected chi connectivity index (χ3v) is 5.15. The summed E-state index contributed by atoms with van der Waals surface area (Å²) in [6, 6.07) is 16.0. The molecule has 0 saturated carbocycles. The molecule has 2 aromatic heterocycles. The number of aromatic nitrogens is 1. The summed E-state index contributed by atoms with van der Waals surface area (Å²) < 4.78 is 10.3. The maximum atomic E-state index is 11.5. The average molecular weight is 379 g/mol. The van der Waals surface area contributed by atoms with E-state index in [0.29, 0.717) is 6.54 Å². The summed E-state index contributed by atoms with van der Waals surface area (Å²) in [5, 5.41) is 1.18. The summed E-state index contributed by atoms with van der Waals surface area (Å²) in [4.78, 5) is 21.2. The summed E-state index contributed by atoms with van der Waals surface area (Å²) in [6.07, 6.45) is 1.10. The predicted octanol–water partition coefficient (Wildman–Crippen LogP) is 3.32. The van der Waals surface area contributed by atoms with Crippen molar-refractivity contribution in [2.45, 2.75) is 19.5 Å². The highest BCUT2D eigenvalue weighted by Gasteiger charge is 2.18. The number of para-hydroxylation sites is 1. The molecule has 0 unspecified atom stereocenters. The number of hydrogen-bond acceptors (Lipinski definition) is 6. The van der Waals surface area contributed by atoms with Crippen LogP contribution >= 0.6 is 0 Å². The average Bonchev–Trinajstić information content (AvgIpc) is 3.08. The van der Waals surface area contributed by atoms with Crippen molar-refractivity contribution in [1.29, 1.82) is 0 Å². The molecule has 0 amide bonds. The summed E-state index contributed by atoms with van der Waals surface area (Å²) in [5.74, 6) is 0.623. The lowest BCUT2D eigenvalue weighted by Crippen LogP contribution is -2.30. The highest BCUT2D eigenvalue weighted by molar-refractivity contribution is 5.86. The van der Waals surface area contributed by atoms with E-state index < -0.39 is 5.97 Å². The molecule has 0 N–H and O–H groups in total. The van der Waals surface area contributed by atoms with Crippen LogP contribution in [0, 0.1) is 0 Å². The van der Waals surface area contributed by atoms with Crippen LogP contribution in [0.1, 0.15) is 28.4 Å². The Kier molecular flexibility index (Phi) is 5.69. The molecule has 1 aromatic carbocycles. The molecule has 28 heavy (non-hydrogen) atoms. The summed E-state index contributed by atoms with van der Waals surface area (Å²) in [7, 11) is 1.36. The number of fused-ring (bicyclic) bond motifs is 1. The molecule has 0 aliphatic carbocycles. The van der Waals surface area contributed by atoms with Crippen LogP contribution in [0.4, 0.5) is 0 Å². The van der Waals surface area contributed by atoms with Gasteiger partial charge in [0, 0.05) is 25.0 Å². The largest absolute Gasteiger partial charge is 0.463 e. The fraction of sp³-hybridized carbons (Fsp3) is 0.364. The second kappa shape index (κ2) is 8.54. The Morgan fingerprint density at radius 1 is 1.00 bits per heavy atom. The van der Waals surface area contributed by atoms with Gasteiger partial charge in [0.05, 0.1) is 24.9 Å². The molecule has 1 fully saturated rings. The molecule has 1 aliphatic heterocycles. The second-order valence-electron chi connectivity index (χ2n) is 7.16. The van der Waals surface area contributed by atoms with Gasteiger partial charge in [-0.2, -0.15) is 0 Å². The van der Waals surface area contributed by atoms with E-state index in [-0.39, 0.29) is 5.76 Å². The van der Waals surface area contributed by atoms with Gasteiger partial charge in [-0.05, 0) is 43.8 Å². The third-order valence-electron chi connectivity index (χ3n) is 5.15. The van der Waals surface area contributed by atoms with E-state index in [1.807, 2.05) is 18.2 Å². The van der Waals surface area contributed by atoms with Gasteiger partial charge in [-0.1, -0.05) is 24.3 Å². The molecule has 0 bridgehead atoms. The van der Waals surface area contributed by atoms with Crippen LogP contribution in [-0.2, 0) is 17.8 Å². The second-order valence-corrected chi connectivity index (χ2v) is 7.16. The van der Waals surface area contributed by atoms with Crippen LogP contribution in [0.25, 0.3) is 10.9 Å². The fourth-order valence-corrected chi connectivity index (χ4v) is 3.66. The first kappa shape index (κ1) is 18.7. The van der Waals surface area contributed by atoms with Gasteiger partial charge in [0.15, 0.2) is 0 Å². The van der Waals surface area contributed by atoms with Crippen LogP contribution < -0.4 is 0 Å². The Morgan fingerprint density at radius 2 is 1.79 bits per heavy atom. The fourth-order valence-electron chi connectivity index (χ4n) is 3.66. The molecule has 0 radical (unpaired) electrons. The van der Waals surface area contributed by atoms with E-state index in [1.54, 1.807) is 6.07 Å². The van der Waals surface area contributed by atoms with Crippen molar-refractivity contribution in [3.8, 4) is 0 Å². The lowest BCUT2D eigenvalue weighted by atomic mass is 10.2. The number of hydrogen-bond donors (Lipinski definition) is 0. The lowest BCUT2D eigenvalue weighted by Gasteiger charge is -2.21. The lowest BCUT2D eigenvalue weighted by molar-refractivity contribution is 0.0561. The number of carbonyl (C=O) groups excluding carboxylic acids is 1. The van der Waals surface area contributed by atoms with Gasteiger partial charge < -0.3 is 9.15 Å². The maximum Gasteiger partial charge on any atom is 0.373 e. The minimum absolute atomic E-state index is 0.260. The molecule has 3 aromatic rings. The molecule has 146 valence electrons. The first-order valence-corrected chi connectivity index (χ1v) is 9.68. The Hall–Kier alpha value is -2.70. The van der Waals surface area contributed by atoms with Crippen molar-refractivity contribution in [2.75, 3.05) is 33.3 Å². The third kappa shape index (κ3) is 4.40. The first-order chi connectivity index (χ1) is 13.7.